The molecule has 0 unspecified atom stereocenters. The molecule has 1 saturated heterocycles. The second kappa shape index (κ2) is 6.62. The number of aromatic nitrogens is 1. The molecule has 1 amide bonds. The molecule has 22 heavy (non-hydrogen) atoms. The average Bonchev–Trinajstić information content (AvgIpc) is 2.53. The van der Waals surface area contributed by atoms with E-state index in [1.54, 1.807) is 6.20 Å². The molecular weight excluding hydrogens is 280 g/mol. The Morgan fingerprint density at radius 3 is 2.64 bits per heavy atom. The number of amides is 1. The Hall–Kier alpha value is -1.66. The van der Waals surface area contributed by atoms with Gasteiger partial charge in [0.25, 0.3) is 0 Å². The third kappa shape index (κ3) is 3.75. The molecule has 3 rings (SSSR count). The van der Waals surface area contributed by atoms with E-state index in [0.29, 0.717) is 13.1 Å². The SMILES string of the molecule is O=C(CN1CCN(c2ccccn2)CC1)NCC1(O)CCC1. The van der Waals surface area contributed by atoms with Gasteiger partial charge in [-0.1, -0.05) is 6.07 Å². The summed E-state index contributed by atoms with van der Waals surface area (Å²) in [6, 6.07) is 5.93. The Morgan fingerprint density at radius 2 is 2.05 bits per heavy atom. The Balaban J connectivity index is 1.39. The Kier molecular flexibility index (Phi) is 4.59. The van der Waals surface area contributed by atoms with Crippen molar-refractivity contribution in [3.8, 4) is 0 Å². The fourth-order valence-corrected chi connectivity index (χ4v) is 2.96. The van der Waals surface area contributed by atoms with Gasteiger partial charge in [-0.2, -0.15) is 0 Å². The molecule has 1 saturated carbocycles. The first-order chi connectivity index (χ1) is 10.6. The van der Waals surface area contributed by atoms with Crippen LogP contribution in [0, 0.1) is 0 Å². The summed E-state index contributed by atoms with van der Waals surface area (Å²) in [6.45, 7) is 4.27. The predicted molar refractivity (Wildman–Crippen MR) is 84.7 cm³/mol. The number of carbonyl (C=O) groups is 1. The fourth-order valence-electron chi connectivity index (χ4n) is 2.96. The van der Waals surface area contributed by atoms with Gasteiger partial charge in [0.2, 0.25) is 5.91 Å². The highest BCUT2D eigenvalue weighted by Crippen LogP contribution is 2.30. The van der Waals surface area contributed by atoms with Gasteiger partial charge < -0.3 is 15.3 Å². The van der Waals surface area contributed by atoms with Gasteiger partial charge in [-0.3, -0.25) is 9.69 Å². The normalized spacial score (nSPS) is 21.2. The van der Waals surface area contributed by atoms with Crippen LogP contribution >= 0.6 is 0 Å². The second-order valence-electron chi connectivity index (χ2n) is 6.31. The summed E-state index contributed by atoms with van der Waals surface area (Å²) < 4.78 is 0. The molecular formula is C16H24N4O2. The van der Waals surface area contributed by atoms with Gasteiger partial charge in [0.15, 0.2) is 0 Å². The lowest BCUT2D eigenvalue weighted by Gasteiger charge is -2.37. The van der Waals surface area contributed by atoms with E-state index < -0.39 is 5.60 Å². The van der Waals surface area contributed by atoms with Crippen molar-refractivity contribution < 1.29 is 9.90 Å². The van der Waals surface area contributed by atoms with Crippen LogP contribution in [0.3, 0.4) is 0 Å². The van der Waals surface area contributed by atoms with Crippen molar-refractivity contribution in [3.63, 3.8) is 0 Å². The van der Waals surface area contributed by atoms with E-state index in [1.807, 2.05) is 18.2 Å². The van der Waals surface area contributed by atoms with Crippen LogP contribution in [0.5, 0.6) is 0 Å². The molecule has 2 N–H and O–H groups in total. The zero-order valence-corrected chi connectivity index (χ0v) is 12.9. The number of pyridine rings is 1. The van der Waals surface area contributed by atoms with E-state index in [2.05, 4.69) is 20.1 Å². The smallest absolute Gasteiger partial charge is 0.234 e. The quantitative estimate of drug-likeness (QED) is 0.815. The van der Waals surface area contributed by atoms with Gasteiger partial charge in [0.1, 0.15) is 5.82 Å². The van der Waals surface area contributed by atoms with E-state index in [1.165, 1.54) is 0 Å². The highest BCUT2D eigenvalue weighted by Gasteiger charge is 2.34. The van der Waals surface area contributed by atoms with Crippen molar-refractivity contribution in [1.29, 1.82) is 0 Å². The lowest BCUT2D eigenvalue weighted by Crippen LogP contribution is -2.52. The van der Waals surface area contributed by atoms with Crippen molar-refractivity contribution in [1.82, 2.24) is 15.2 Å². The minimum absolute atomic E-state index is 0.00612. The van der Waals surface area contributed by atoms with E-state index in [9.17, 15) is 9.90 Å². The molecule has 1 aromatic rings. The van der Waals surface area contributed by atoms with Crippen LogP contribution < -0.4 is 10.2 Å². The maximum atomic E-state index is 12.0. The molecule has 6 heteroatoms. The third-order valence-electron chi connectivity index (χ3n) is 4.61. The molecule has 120 valence electrons. The molecule has 2 fully saturated rings. The molecule has 1 aliphatic carbocycles. The van der Waals surface area contributed by atoms with Gasteiger partial charge in [0, 0.05) is 38.9 Å². The standard InChI is InChI=1S/C16H24N4O2/c21-15(18-13-16(22)5-3-6-16)12-19-8-10-20(11-9-19)14-4-1-2-7-17-14/h1-2,4,7,22H,3,5-6,8-13H2,(H,18,21). The van der Waals surface area contributed by atoms with E-state index in [-0.39, 0.29) is 5.91 Å². The molecule has 2 aliphatic rings. The number of hydrogen-bond acceptors (Lipinski definition) is 5. The minimum Gasteiger partial charge on any atom is -0.388 e. The molecule has 0 aromatic carbocycles. The van der Waals surface area contributed by atoms with E-state index in [4.69, 9.17) is 0 Å². The van der Waals surface area contributed by atoms with Crippen LogP contribution in [0.2, 0.25) is 0 Å². The summed E-state index contributed by atoms with van der Waals surface area (Å²) in [6.07, 6.45) is 4.47. The second-order valence-corrected chi connectivity index (χ2v) is 6.31. The predicted octanol–water partition coefficient (Wildman–Crippen LogP) is 0.235. The summed E-state index contributed by atoms with van der Waals surface area (Å²) in [7, 11) is 0. The van der Waals surface area contributed by atoms with Gasteiger partial charge in [-0.05, 0) is 31.4 Å². The number of nitrogens with zero attached hydrogens (tertiary/aromatic N) is 3. The first kappa shape index (κ1) is 15.2. The van der Waals surface area contributed by atoms with Crippen molar-refractivity contribution >= 4 is 11.7 Å². The third-order valence-corrected chi connectivity index (χ3v) is 4.61. The first-order valence-corrected chi connectivity index (χ1v) is 8.02. The van der Waals surface area contributed by atoms with Gasteiger partial charge >= 0.3 is 0 Å². The van der Waals surface area contributed by atoms with Crippen LogP contribution in [0.1, 0.15) is 19.3 Å². The van der Waals surface area contributed by atoms with Gasteiger partial charge in [0.05, 0.1) is 12.1 Å². The molecule has 0 atom stereocenters. The van der Waals surface area contributed by atoms with Crippen LogP contribution in [-0.4, -0.2) is 65.8 Å². The molecule has 0 spiro atoms. The van der Waals surface area contributed by atoms with Crippen LogP contribution in [0.4, 0.5) is 5.82 Å². The molecule has 0 bridgehead atoms. The van der Waals surface area contributed by atoms with Crippen molar-refractivity contribution in [2.24, 2.45) is 0 Å². The topological polar surface area (TPSA) is 68.7 Å². The highest BCUT2D eigenvalue weighted by molar-refractivity contribution is 5.78. The lowest BCUT2D eigenvalue weighted by molar-refractivity contribution is -0.124. The number of aliphatic hydroxyl groups is 1. The van der Waals surface area contributed by atoms with Crippen LogP contribution in [0.25, 0.3) is 0 Å². The van der Waals surface area contributed by atoms with E-state index >= 15 is 0 Å². The summed E-state index contributed by atoms with van der Waals surface area (Å²) in [4.78, 5) is 20.7. The summed E-state index contributed by atoms with van der Waals surface area (Å²) >= 11 is 0. The van der Waals surface area contributed by atoms with Crippen molar-refractivity contribution in [2.75, 3.05) is 44.2 Å². The maximum absolute atomic E-state index is 12.0. The minimum atomic E-state index is -0.645. The summed E-state index contributed by atoms with van der Waals surface area (Å²) in [5.41, 5.74) is -0.645. The largest absolute Gasteiger partial charge is 0.388 e. The van der Waals surface area contributed by atoms with Crippen LogP contribution in [-0.2, 0) is 4.79 Å². The van der Waals surface area contributed by atoms with Crippen LogP contribution in [0.15, 0.2) is 24.4 Å². The number of carbonyl (C=O) groups excluding carboxylic acids is 1. The Bertz CT molecular complexity index is 496. The Morgan fingerprint density at radius 1 is 1.27 bits per heavy atom. The maximum Gasteiger partial charge on any atom is 0.234 e. The zero-order chi connectivity index (χ0) is 15.4. The molecule has 6 nitrogen and oxygen atoms in total. The monoisotopic (exact) mass is 304 g/mol. The highest BCUT2D eigenvalue weighted by atomic mass is 16.3. The van der Waals surface area contributed by atoms with Gasteiger partial charge in [-0.15, -0.1) is 0 Å². The number of rotatable bonds is 5. The number of nitrogens with one attached hydrogen (secondary N) is 1. The molecule has 1 aromatic heterocycles. The van der Waals surface area contributed by atoms with E-state index in [0.717, 1.165) is 51.3 Å². The Labute approximate surface area is 131 Å². The van der Waals surface area contributed by atoms with Crippen molar-refractivity contribution in [3.05, 3.63) is 24.4 Å². The molecule has 2 heterocycles. The molecule has 0 radical (unpaired) electrons. The summed E-state index contributed by atoms with van der Waals surface area (Å²) in [5, 5.41) is 12.8. The number of hydrogen-bond donors (Lipinski definition) is 2. The average molecular weight is 304 g/mol. The summed E-state index contributed by atoms with van der Waals surface area (Å²) in [5.74, 6) is 1.01. The fraction of sp³-hybridized carbons (Fsp3) is 0.625. The zero-order valence-electron chi connectivity index (χ0n) is 12.9. The number of anilines is 1. The van der Waals surface area contributed by atoms with Crippen molar-refractivity contribution in [2.45, 2.75) is 24.9 Å². The lowest BCUT2D eigenvalue weighted by atomic mass is 9.80. The number of piperazine rings is 1. The van der Waals surface area contributed by atoms with Gasteiger partial charge in [-0.25, -0.2) is 4.98 Å². The first-order valence-electron chi connectivity index (χ1n) is 8.02. The molecule has 1 aliphatic heterocycles.